The quantitative estimate of drug-likeness (QED) is 0.837. The van der Waals surface area contributed by atoms with E-state index < -0.39 is 30.0 Å². The van der Waals surface area contributed by atoms with Crippen molar-refractivity contribution in [3.63, 3.8) is 0 Å². The number of hydrogen-bond donors (Lipinski definition) is 1. The summed E-state index contributed by atoms with van der Waals surface area (Å²) < 4.78 is 21.8. The van der Waals surface area contributed by atoms with Gasteiger partial charge in [-0.15, -0.1) is 0 Å². The van der Waals surface area contributed by atoms with Crippen LogP contribution < -0.4 is 5.32 Å². The van der Waals surface area contributed by atoms with Gasteiger partial charge >= 0.3 is 12.1 Å². The molecule has 0 unspecified atom stereocenters. The first-order valence-electron chi connectivity index (χ1n) is 8.30. The van der Waals surface area contributed by atoms with Crippen molar-refractivity contribution < 1.29 is 28.5 Å². The number of methoxy groups -OCH3 is 1. The minimum Gasteiger partial charge on any atom is -0.469 e. The van der Waals surface area contributed by atoms with E-state index >= 15 is 0 Å². The summed E-state index contributed by atoms with van der Waals surface area (Å²) in [5.41, 5.74) is 0.899. The maximum atomic E-state index is 12.1. The van der Waals surface area contributed by atoms with Crippen LogP contribution in [0.1, 0.15) is 25.8 Å². The van der Waals surface area contributed by atoms with Gasteiger partial charge in [-0.25, -0.2) is 4.79 Å². The third kappa shape index (κ3) is 3.93. The summed E-state index contributed by atoms with van der Waals surface area (Å²) in [6.45, 7) is 3.74. The summed E-state index contributed by atoms with van der Waals surface area (Å²) in [5.74, 6) is -1.65. The van der Waals surface area contributed by atoms with E-state index in [1.54, 1.807) is 13.8 Å². The van der Waals surface area contributed by atoms with Crippen LogP contribution in [0, 0.1) is 5.92 Å². The number of carbonyl (C=O) groups excluding carboxylic acids is 2. The Bertz CT molecular complexity index is 632. The van der Waals surface area contributed by atoms with Crippen LogP contribution in [0.5, 0.6) is 0 Å². The number of alkyl carbamates (subject to hydrolysis) is 1. The molecule has 1 N–H and O–H groups in total. The van der Waals surface area contributed by atoms with E-state index in [1.807, 2.05) is 30.3 Å². The Labute approximate surface area is 146 Å². The van der Waals surface area contributed by atoms with E-state index in [9.17, 15) is 9.59 Å². The first-order valence-corrected chi connectivity index (χ1v) is 8.30. The number of rotatable bonds is 4. The molecule has 1 heterocycles. The average molecular weight is 349 g/mol. The monoisotopic (exact) mass is 349 g/mol. The van der Waals surface area contributed by atoms with E-state index in [1.165, 1.54) is 7.11 Å². The van der Waals surface area contributed by atoms with Gasteiger partial charge in [0, 0.05) is 0 Å². The number of amides is 1. The first kappa shape index (κ1) is 17.7. The predicted molar refractivity (Wildman–Crippen MR) is 87.5 cm³/mol. The van der Waals surface area contributed by atoms with Crippen LogP contribution in [0.25, 0.3) is 0 Å². The standard InChI is InChI=1S/C18H23NO6/c1-18(2)24-14-12(16(20)22-3)9-13(15(14)25-18)19-17(21)23-10-11-7-5-4-6-8-11/h4-8,12-15H,9-10H2,1-3H3,(H,19,21)/t12-,13-,14-,15+/m0/s1. The zero-order chi connectivity index (χ0) is 18.0. The molecule has 1 saturated carbocycles. The molecule has 136 valence electrons. The highest BCUT2D eigenvalue weighted by Crippen LogP contribution is 2.42. The second kappa shape index (κ2) is 7.01. The van der Waals surface area contributed by atoms with Crippen molar-refractivity contribution in [2.45, 2.75) is 50.9 Å². The zero-order valence-corrected chi connectivity index (χ0v) is 14.6. The van der Waals surface area contributed by atoms with Crippen LogP contribution in [0.15, 0.2) is 30.3 Å². The number of nitrogens with one attached hydrogen (secondary N) is 1. The molecule has 7 nitrogen and oxygen atoms in total. The molecule has 1 aromatic carbocycles. The molecule has 0 spiro atoms. The molecule has 7 heteroatoms. The lowest BCUT2D eigenvalue weighted by molar-refractivity contribution is -0.168. The predicted octanol–water partition coefficient (Wildman–Crippen LogP) is 1.99. The summed E-state index contributed by atoms with van der Waals surface area (Å²) in [6.07, 6.45) is -1.02. The molecule has 1 aromatic rings. The van der Waals surface area contributed by atoms with Crippen LogP contribution in [-0.2, 0) is 30.3 Å². The van der Waals surface area contributed by atoms with Crippen molar-refractivity contribution in [3.05, 3.63) is 35.9 Å². The van der Waals surface area contributed by atoms with Gasteiger partial charge in [0.15, 0.2) is 5.79 Å². The summed E-state index contributed by atoms with van der Waals surface area (Å²) in [4.78, 5) is 24.1. The Morgan fingerprint density at radius 2 is 1.88 bits per heavy atom. The average Bonchev–Trinajstić information content (AvgIpc) is 3.07. The van der Waals surface area contributed by atoms with Crippen molar-refractivity contribution in [2.24, 2.45) is 5.92 Å². The number of benzene rings is 1. The Morgan fingerprint density at radius 3 is 2.56 bits per heavy atom. The summed E-state index contributed by atoms with van der Waals surface area (Å²) in [5, 5.41) is 2.79. The molecule has 1 aliphatic heterocycles. The van der Waals surface area contributed by atoms with E-state index in [2.05, 4.69) is 5.32 Å². The van der Waals surface area contributed by atoms with Crippen LogP contribution in [0.3, 0.4) is 0 Å². The van der Waals surface area contributed by atoms with Crippen LogP contribution in [0.2, 0.25) is 0 Å². The molecule has 1 amide bonds. The van der Waals surface area contributed by atoms with E-state index in [0.717, 1.165) is 5.56 Å². The maximum Gasteiger partial charge on any atom is 0.407 e. The Balaban J connectivity index is 1.61. The maximum absolute atomic E-state index is 12.1. The highest BCUT2D eigenvalue weighted by molar-refractivity contribution is 5.74. The largest absolute Gasteiger partial charge is 0.469 e. The number of carbonyl (C=O) groups is 2. The molecule has 0 aromatic heterocycles. The van der Waals surface area contributed by atoms with Crippen molar-refractivity contribution in [1.82, 2.24) is 5.32 Å². The zero-order valence-electron chi connectivity index (χ0n) is 14.6. The summed E-state index contributed by atoms with van der Waals surface area (Å²) in [6, 6.07) is 9.04. The molecular formula is C18H23NO6. The molecule has 2 fully saturated rings. The molecule has 4 atom stereocenters. The lowest BCUT2D eigenvalue weighted by atomic mass is 10.1. The molecule has 0 bridgehead atoms. The highest BCUT2D eigenvalue weighted by Gasteiger charge is 2.57. The van der Waals surface area contributed by atoms with E-state index in [-0.39, 0.29) is 18.6 Å². The number of ether oxygens (including phenoxy) is 4. The van der Waals surface area contributed by atoms with Crippen LogP contribution in [-0.4, -0.2) is 43.2 Å². The fourth-order valence-electron chi connectivity index (χ4n) is 3.42. The van der Waals surface area contributed by atoms with Gasteiger partial charge in [0.2, 0.25) is 0 Å². The second-order valence-corrected chi connectivity index (χ2v) is 6.74. The minimum absolute atomic E-state index is 0.177. The van der Waals surface area contributed by atoms with Crippen molar-refractivity contribution in [1.29, 1.82) is 0 Å². The minimum atomic E-state index is -0.810. The third-order valence-corrected chi connectivity index (χ3v) is 4.48. The Morgan fingerprint density at radius 1 is 1.20 bits per heavy atom. The fraction of sp³-hybridized carbons (Fsp3) is 0.556. The number of esters is 1. The third-order valence-electron chi connectivity index (χ3n) is 4.48. The Kier molecular flexibility index (Phi) is 4.96. The lowest BCUT2D eigenvalue weighted by Crippen LogP contribution is -2.43. The second-order valence-electron chi connectivity index (χ2n) is 6.74. The van der Waals surface area contributed by atoms with Gasteiger partial charge in [0.1, 0.15) is 18.8 Å². The van der Waals surface area contributed by atoms with Gasteiger partial charge < -0.3 is 24.3 Å². The summed E-state index contributed by atoms with van der Waals surface area (Å²) in [7, 11) is 1.34. The molecule has 1 saturated heterocycles. The fourth-order valence-corrected chi connectivity index (χ4v) is 3.42. The lowest BCUT2D eigenvalue weighted by Gasteiger charge is -2.23. The number of hydrogen-bond acceptors (Lipinski definition) is 6. The summed E-state index contributed by atoms with van der Waals surface area (Å²) >= 11 is 0. The van der Waals surface area contributed by atoms with Crippen molar-refractivity contribution >= 4 is 12.1 Å². The van der Waals surface area contributed by atoms with Gasteiger partial charge in [0.25, 0.3) is 0 Å². The molecule has 1 aliphatic carbocycles. The molecular weight excluding hydrogens is 326 g/mol. The van der Waals surface area contributed by atoms with Gasteiger partial charge in [0.05, 0.1) is 19.1 Å². The Hall–Kier alpha value is -2.12. The van der Waals surface area contributed by atoms with Gasteiger partial charge in [-0.05, 0) is 25.8 Å². The van der Waals surface area contributed by atoms with Crippen molar-refractivity contribution in [3.8, 4) is 0 Å². The van der Waals surface area contributed by atoms with E-state index in [0.29, 0.717) is 6.42 Å². The van der Waals surface area contributed by atoms with Crippen LogP contribution in [0.4, 0.5) is 4.79 Å². The molecule has 0 radical (unpaired) electrons. The highest BCUT2D eigenvalue weighted by atomic mass is 16.8. The molecule has 3 rings (SSSR count). The molecule has 25 heavy (non-hydrogen) atoms. The van der Waals surface area contributed by atoms with E-state index in [4.69, 9.17) is 18.9 Å². The topological polar surface area (TPSA) is 83.1 Å². The van der Waals surface area contributed by atoms with Gasteiger partial charge in [-0.2, -0.15) is 0 Å². The normalized spacial score (nSPS) is 29.7. The van der Waals surface area contributed by atoms with Gasteiger partial charge in [-0.1, -0.05) is 30.3 Å². The molecule has 2 aliphatic rings. The SMILES string of the molecule is COC(=O)[C@H]1C[C@H](NC(=O)OCc2ccccc2)[C@H]2OC(C)(C)O[C@H]21. The van der Waals surface area contributed by atoms with Crippen LogP contribution >= 0.6 is 0 Å². The smallest absolute Gasteiger partial charge is 0.407 e. The first-order chi connectivity index (χ1) is 11.9. The van der Waals surface area contributed by atoms with Gasteiger partial charge in [-0.3, -0.25) is 4.79 Å². The van der Waals surface area contributed by atoms with Crippen molar-refractivity contribution in [2.75, 3.05) is 7.11 Å². The number of fused-ring (bicyclic) bond motifs is 1.